The van der Waals surface area contributed by atoms with Gasteiger partial charge in [-0.1, -0.05) is 0 Å². The van der Waals surface area contributed by atoms with E-state index in [0.29, 0.717) is 12.4 Å². The SMILES string of the molecule is O=C(NCC(F)(F)F)N1CCSC1. The molecule has 0 aromatic carbocycles. The standard InChI is InChI=1S/C6H9F3N2OS/c7-6(8,9)3-10-5(12)11-1-2-13-4-11/h1-4H2,(H,10,12). The minimum Gasteiger partial charge on any atom is -0.329 e. The van der Waals surface area contributed by atoms with Crippen molar-refractivity contribution in [2.45, 2.75) is 6.18 Å². The number of carbonyl (C=O) groups is 1. The summed E-state index contributed by atoms with van der Waals surface area (Å²) in [4.78, 5) is 12.4. The molecular weight excluding hydrogens is 205 g/mol. The Labute approximate surface area is 77.6 Å². The number of nitrogens with zero attached hydrogens (tertiary/aromatic N) is 1. The molecule has 0 bridgehead atoms. The maximum Gasteiger partial charge on any atom is 0.405 e. The summed E-state index contributed by atoms with van der Waals surface area (Å²) >= 11 is 1.53. The van der Waals surface area contributed by atoms with E-state index in [2.05, 4.69) is 0 Å². The van der Waals surface area contributed by atoms with Gasteiger partial charge >= 0.3 is 12.2 Å². The average Bonchev–Trinajstić information content (AvgIpc) is 2.50. The van der Waals surface area contributed by atoms with Crippen molar-refractivity contribution in [1.82, 2.24) is 10.2 Å². The number of hydrogen-bond donors (Lipinski definition) is 1. The second-order valence-electron chi connectivity index (χ2n) is 2.57. The zero-order valence-corrected chi connectivity index (χ0v) is 7.54. The molecule has 2 amide bonds. The van der Waals surface area contributed by atoms with Crippen LogP contribution in [0.1, 0.15) is 0 Å². The molecule has 0 aromatic rings. The van der Waals surface area contributed by atoms with Gasteiger partial charge in [0.1, 0.15) is 6.54 Å². The predicted octanol–water partition coefficient (Wildman–Crippen LogP) is 1.26. The van der Waals surface area contributed by atoms with Crippen LogP contribution in [-0.4, -0.2) is 41.8 Å². The lowest BCUT2D eigenvalue weighted by atomic mass is 10.6. The van der Waals surface area contributed by atoms with Crippen LogP contribution >= 0.6 is 11.8 Å². The lowest BCUT2D eigenvalue weighted by molar-refractivity contribution is -0.123. The number of halogens is 3. The minimum absolute atomic E-state index is 0.476. The summed E-state index contributed by atoms with van der Waals surface area (Å²) in [6.45, 7) is -0.735. The van der Waals surface area contributed by atoms with Gasteiger partial charge in [-0.05, 0) is 0 Å². The Morgan fingerprint density at radius 3 is 2.69 bits per heavy atom. The highest BCUT2D eigenvalue weighted by molar-refractivity contribution is 7.99. The molecule has 1 aliphatic rings. The predicted molar refractivity (Wildman–Crippen MR) is 43.5 cm³/mol. The van der Waals surface area contributed by atoms with E-state index in [1.807, 2.05) is 5.32 Å². The third kappa shape index (κ3) is 3.75. The van der Waals surface area contributed by atoms with Crippen LogP contribution in [0.3, 0.4) is 0 Å². The van der Waals surface area contributed by atoms with Crippen molar-refractivity contribution in [1.29, 1.82) is 0 Å². The number of carbonyl (C=O) groups excluding carboxylic acids is 1. The van der Waals surface area contributed by atoms with E-state index < -0.39 is 18.8 Å². The van der Waals surface area contributed by atoms with Gasteiger partial charge in [0.05, 0.1) is 5.88 Å². The van der Waals surface area contributed by atoms with E-state index in [0.717, 1.165) is 5.75 Å². The van der Waals surface area contributed by atoms with Gasteiger partial charge in [0.15, 0.2) is 0 Å². The first-order chi connectivity index (χ1) is 5.99. The molecule has 0 spiro atoms. The van der Waals surface area contributed by atoms with E-state index in [-0.39, 0.29) is 0 Å². The molecule has 1 rings (SSSR count). The number of nitrogens with one attached hydrogen (secondary N) is 1. The molecule has 0 unspecified atom stereocenters. The number of urea groups is 1. The fourth-order valence-corrected chi connectivity index (χ4v) is 1.81. The van der Waals surface area contributed by atoms with Crippen molar-refractivity contribution in [3.63, 3.8) is 0 Å². The third-order valence-electron chi connectivity index (χ3n) is 1.48. The Morgan fingerprint density at radius 2 is 2.23 bits per heavy atom. The summed E-state index contributed by atoms with van der Waals surface area (Å²) in [6.07, 6.45) is -4.33. The monoisotopic (exact) mass is 214 g/mol. The van der Waals surface area contributed by atoms with Gasteiger partial charge in [-0.15, -0.1) is 11.8 Å². The largest absolute Gasteiger partial charge is 0.405 e. The molecule has 0 saturated carbocycles. The van der Waals surface area contributed by atoms with Gasteiger partial charge in [0.2, 0.25) is 0 Å². The summed E-state index contributed by atoms with van der Waals surface area (Å²) in [6, 6.07) is -0.637. The van der Waals surface area contributed by atoms with E-state index >= 15 is 0 Å². The number of thioether (sulfide) groups is 1. The molecule has 0 aliphatic carbocycles. The second-order valence-corrected chi connectivity index (χ2v) is 3.65. The number of amides is 2. The van der Waals surface area contributed by atoms with Gasteiger partial charge in [0.25, 0.3) is 0 Å². The zero-order valence-electron chi connectivity index (χ0n) is 6.73. The Bertz CT molecular complexity index is 191. The Kier molecular flexibility index (Phi) is 3.29. The molecular formula is C6H9F3N2OS. The highest BCUT2D eigenvalue weighted by atomic mass is 32.2. The fraction of sp³-hybridized carbons (Fsp3) is 0.833. The van der Waals surface area contributed by atoms with Crippen LogP contribution in [0.25, 0.3) is 0 Å². The smallest absolute Gasteiger partial charge is 0.329 e. The summed E-state index contributed by atoms with van der Waals surface area (Å²) in [5.41, 5.74) is 0. The first-order valence-electron chi connectivity index (χ1n) is 3.66. The molecule has 3 nitrogen and oxygen atoms in total. The lowest BCUT2D eigenvalue weighted by Crippen LogP contribution is -2.42. The first-order valence-corrected chi connectivity index (χ1v) is 4.82. The van der Waals surface area contributed by atoms with Crippen molar-refractivity contribution in [3.8, 4) is 0 Å². The number of alkyl halides is 3. The molecule has 1 saturated heterocycles. The summed E-state index contributed by atoms with van der Waals surface area (Å²) in [7, 11) is 0. The maximum atomic E-state index is 11.7. The molecule has 76 valence electrons. The fourth-order valence-electron chi connectivity index (χ4n) is 0.862. The normalized spacial score (nSPS) is 17.6. The average molecular weight is 214 g/mol. The Morgan fingerprint density at radius 1 is 1.54 bits per heavy atom. The van der Waals surface area contributed by atoms with Crippen molar-refractivity contribution >= 4 is 17.8 Å². The topological polar surface area (TPSA) is 32.3 Å². The van der Waals surface area contributed by atoms with Crippen LogP contribution in [-0.2, 0) is 0 Å². The maximum absolute atomic E-state index is 11.7. The first kappa shape index (κ1) is 10.5. The van der Waals surface area contributed by atoms with Gasteiger partial charge in [-0.25, -0.2) is 4.79 Å². The summed E-state index contributed by atoms with van der Waals surface area (Å²) < 4.78 is 35.0. The van der Waals surface area contributed by atoms with Crippen molar-refractivity contribution in [2.75, 3.05) is 24.7 Å². The van der Waals surface area contributed by atoms with Crippen LogP contribution in [0.2, 0.25) is 0 Å². The highest BCUT2D eigenvalue weighted by Gasteiger charge is 2.29. The zero-order chi connectivity index (χ0) is 9.90. The minimum atomic E-state index is -4.33. The lowest BCUT2D eigenvalue weighted by Gasteiger charge is -2.16. The quantitative estimate of drug-likeness (QED) is 0.712. The summed E-state index contributed by atoms with van der Waals surface area (Å²) in [5, 5.41) is 1.81. The van der Waals surface area contributed by atoms with Crippen LogP contribution in [0, 0.1) is 0 Å². The van der Waals surface area contributed by atoms with Gasteiger partial charge in [-0.2, -0.15) is 13.2 Å². The van der Waals surface area contributed by atoms with Crippen molar-refractivity contribution in [2.24, 2.45) is 0 Å². The molecule has 1 heterocycles. The summed E-state index contributed by atoms with van der Waals surface area (Å²) in [5.74, 6) is 1.27. The number of hydrogen-bond acceptors (Lipinski definition) is 2. The third-order valence-corrected chi connectivity index (χ3v) is 2.45. The van der Waals surface area contributed by atoms with Gasteiger partial charge in [0, 0.05) is 12.3 Å². The molecule has 7 heteroatoms. The second kappa shape index (κ2) is 4.08. The molecule has 0 atom stereocenters. The van der Waals surface area contributed by atoms with Gasteiger partial charge in [-0.3, -0.25) is 0 Å². The van der Waals surface area contributed by atoms with Crippen molar-refractivity contribution in [3.05, 3.63) is 0 Å². The van der Waals surface area contributed by atoms with E-state index in [1.165, 1.54) is 16.7 Å². The highest BCUT2D eigenvalue weighted by Crippen LogP contribution is 2.15. The van der Waals surface area contributed by atoms with Crippen molar-refractivity contribution < 1.29 is 18.0 Å². The Hall–Kier alpha value is -0.590. The van der Waals surface area contributed by atoms with E-state index in [9.17, 15) is 18.0 Å². The molecule has 13 heavy (non-hydrogen) atoms. The number of rotatable bonds is 1. The molecule has 0 aromatic heterocycles. The van der Waals surface area contributed by atoms with Crippen LogP contribution in [0.4, 0.5) is 18.0 Å². The van der Waals surface area contributed by atoms with E-state index in [1.54, 1.807) is 0 Å². The van der Waals surface area contributed by atoms with Crippen LogP contribution in [0.15, 0.2) is 0 Å². The molecule has 0 radical (unpaired) electrons. The van der Waals surface area contributed by atoms with E-state index in [4.69, 9.17) is 0 Å². The van der Waals surface area contributed by atoms with Gasteiger partial charge < -0.3 is 10.2 Å². The van der Waals surface area contributed by atoms with Crippen LogP contribution < -0.4 is 5.32 Å². The Balaban J connectivity index is 2.25. The molecule has 1 aliphatic heterocycles. The molecule has 1 N–H and O–H groups in total. The van der Waals surface area contributed by atoms with Crippen LogP contribution in [0.5, 0.6) is 0 Å². The molecule has 1 fully saturated rings.